The van der Waals surface area contributed by atoms with Gasteiger partial charge in [0.2, 0.25) is 0 Å². The predicted molar refractivity (Wildman–Crippen MR) is 59.2 cm³/mol. The third kappa shape index (κ3) is 4.40. The van der Waals surface area contributed by atoms with Crippen LogP contribution in [0.1, 0.15) is 18.1 Å². The fourth-order valence-corrected chi connectivity index (χ4v) is 1.26. The Hall–Kier alpha value is -1.83. The third-order valence-electron chi connectivity index (χ3n) is 2.32. The minimum Gasteiger partial charge on any atom is -0.409 e. The van der Waals surface area contributed by atoms with Gasteiger partial charge in [0.1, 0.15) is 5.82 Å². The molecule has 19 heavy (non-hydrogen) atoms. The first-order valence-electron chi connectivity index (χ1n) is 5.19. The predicted octanol–water partition coefficient (Wildman–Crippen LogP) is 2.39. The molecule has 0 aliphatic heterocycles. The molecule has 0 radical (unpaired) electrons. The minimum atomic E-state index is -4.48. The molecule has 0 aliphatic carbocycles. The lowest BCUT2D eigenvalue weighted by Gasteiger charge is -2.16. The van der Waals surface area contributed by atoms with Crippen molar-refractivity contribution in [1.82, 2.24) is 0 Å². The van der Waals surface area contributed by atoms with E-state index in [1.54, 1.807) is 0 Å². The average molecular weight is 280 g/mol. The Labute approximate surface area is 106 Å². The zero-order valence-electron chi connectivity index (χ0n) is 9.91. The minimum absolute atomic E-state index is 0.0563. The lowest BCUT2D eigenvalue weighted by atomic mass is 10.1. The standard InChI is InChI=1S/C11H12F4N2O2/c1-6(11(13,14)15)19-5-7-2-8(10(16)17-18)4-9(12)3-7/h2-4,6,18H,5H2,1H3,(H2,16,17). The topological polar surface area (TPSA) is 67.8 Å². The highest BCUT2D eigenvalue weighted by atomic mass is 19.4. The van der Waals surface area contributed by atoms with Crippen molar-refractivity contribution >= 4 is 5.84 Å². The number of ether oxygens (including phenoxy) is 1. The molecule has 0 bridgehead atoms. The second-order valence-electron chi connectivity index (χ2n) is 3.83. The lowest BCUT2D eigenvalue weighted by molar-refractivity contribution is -0.217. The van der Waals surface area contributed by atoms with Gasteiger partial charge in [-0.1, -0.05) is 5.16 Å². The third-order valence-corrected chi connectivity index (χ3v) is 2.32. The summed E-state index contributed by atoms with van der Waals surface area (Å²) in [4.78, 5) is 0. The summed E-state index contributed by atoms with van der Waals surface area (Å²) in [6, 6.07) is 3.28. The van der Waals surface area contributed by atoms with Crippen LogP contribution in [0.3, 0.4) is 0 Å². The summed E-state index contributed by atoms with van der Waals surface area (Å²) in [5.41, 5.74) is 5.48. The summed E-state index contributed by atoms with van der Waals surface area (Å²) in [5.74, 6) is -1.06. The van der Waals surface area contributed by atoms with E-state index in [1.807, 2.05) is 0 Å². The molecule has 1 unspecified atom stereocenters. The number of nitrogens with zero attached hydrogens (tertiary/aromatic N) is 1. The van der Waals surface area contributed by atoms with Gasteiger partial charge in [-0.3, -0.25) is 0 Å². The van der Waals surface area contributed by atoms with Crippen LogP contribution in [0.15, 0.2) is 23.4 Å². The van der Waals surface area contributed by atoms with Gasteiger partial charge in [-0.25, -0.2) is 4.39 Å². The van der Waals surface area contributed by atoms with Crippen LogP contribution in [-0.2, 0) is 11.3 Å². The smallest absolute Gasteiger partial charge is 0.409 e. The molecule has 0 fully saturated rings. The monoisotopic (exact) mass is 280 g/mol. The van der Waals surface area contributed by atoms with Crippen molar-refractivity contribution in [2.45, 2.75) is 25.8 Å². The van der Waals surface area contributed by atoms with E-state index >= 15 is 0 Å². The Bertz CT molecular complexity index is 474. The highest BCUT2D eigenvalue weighted by Gasteiger charge is 2.36. The first-order chi connectivity index (χ1) is 8.74. The molecule has 0 aromatic heterocycles. The van der Waals surface area contributed by atoms with Crippen molar-refractivity contribution in [1.29, 1.82) is 0 Å². The van der Waals surface area contributed by atoms with Crippen molar-refractivity contribution in [3.8, 4) is 0 Å². The summed E-state index contributed by atoms with van der Waals surface area (Å²) >= 11 is 0. The van der Waals surface area contributed by atoms with Gasteiger partial charge in [0, 0.05) is 5.56 Å². The van der Waals surface area contributed by atoms with E-state index in [0.29, 0.717) is 0 Å². The molecular formula is C11H12F4N2O2. The number of oxime groups is 1. The van der Waals surface area contributed by atoms with E-state index in [2.05, 4.69) is 9.89 Å². The maximum Gasteiger partial charge on any atom is 0.414 e. The molecule has 1 aromatic rings. The van der Waals surface area contributed by atoms with E-state index in [9.17, 15) is 17.6 Å². The molecule has 1 atom stereocenters. The van der Waals surface area contributed by atoms with Crippen LogP contribution in [0.5, 0.6) is 0 Å². The Balaban J connectivity index is 2.82. The first-order valence-corrected chi connectivity index (χ1v) is 5.19. The van der Waals surface area contributed by atoms with Crippen molar-refractivity contribution in [3.63, 3.8) is 0 Å². The summed E-state index contributed by atoms with van der Waals surface area (Å²) in [6.45, 7) is 0.411. The zero-order valence-corrected chi connectivity index (χ0v) is 9.91. The maximum absolute atomic E-state index is 13.2. The average Bonchev–Trinajstić information content (AvgIpc) is 2.33. The second kappa shape index (κ2) is 5.87. The lowest BCUT2D eigenvalue weighted by Crippen LogP contribution is -2.28. The largest absolute Gasteiger partial charge is 0.414 e. The SMILES string of the molecule is CC(OCc1cc(F)cc(/C(N)=N/O)c1)C(F)(F)F. The van der Waals surface area contributed by atoms with E-state index in [1.165, 1.54) is 6.07 Å². The van der Waals surface area contributed by atoms with E-state index < -0.39 is 24.7 Å². The number of benzene rings is 1. The molecule has 0 saturated carbocycles. The number of halogens is 4. The van der Waals surface area contributed by atoms with E-state index in [-0.39, 0.29) is 17.0 Å². The molecule has 106 valence electrons. The Kier molecular flexibility index (Phi) is 4.71. The fraction of sp³-hybridized carbons (Fsp3) is 0.364. The van der Waals surface area contributed by atoms with Gasteiger partial charge in [-0.05, 0) is 30.7 Å². The fourth-order valence-electron chi connectivity index (χ4n) is 1.26. The molecule has 0 saturated heterocycles. The number of hydrogen-bond acceptors (Lipinski definition) is 3. The summed E-state index contributed by atoms with van der Waals surface area (Å²) in [7, 11) is 0. The van der Waals surface area contributed by atoms with Crippen LogP contribution >= 0.6 is 0 Å². The molecule has 8 heteroatoms. The molecule has 1 aromatic carbocycles. The summed E-state index contributed by atoms with van der Waals surface area (Å²) < 4.78 is 54.5. The van der Waals surface area contributed by atoms with Gasteiger partial charge in [0.05, 0.1) is 6.61 Å². The first kappa shape index (κ1) is 15.2. The van der Waals surface area contributed by atoms with Gasteiger partial charge in [-0.15, -0.1) is 0 Å². The zero-order chi connectivity index (χ0) is 14.6. The normalized spacial score (nSPS) is 14.5. The molecule has 0 aliphatic rings. The highest BCUT2D eigenvalue weighted by molar-refractivity contribution is 5.97. The quantitative estimate of drug-likeness (QED) is 0.292. The van der Waals surface area contributed by atoms with Gasteiger partial charge < -0.3 is 15.7 Å². The van der Waals surface area contributed by atoms with Crippen molar-refractivity contribution in [2.75, 3.05) is 0 Å². The molecule has 1 rings (SSSR count). The van der Waals surface area contributed by atoms with Gasteiger partial charge >= 0.3 is 6.18 Å². The number of alkyl halides is 3. The highest BCUT2D eigenvalue weighted by Crippen LogP contribution is 2.23. The number of rotatable bonds is 4. The Morgan fingerprint density at radius 3 is 2.58 bits per heavy atom. The number of amidine groups is 1. The van der Waals surface area contributed by atoms with Crippen molar-refractivity contribution in [2.24, 2.45) is 10.9 Å². The molecule has 0 heterocycles. The van der Waals surface area contributed by atoms with E-state index in [0.717, 1.165) is 19.1 Å². The van der Waals surface area contributed by atoms with Crippen molar-refractivity contribution < 1.29 is 27.5 Å². The summed E-state index contributed by atoms with van der Waals surface area (Å²) in [6.07, 6.45) is -6.45. The molecule has 4 nitrogen and oxygen atoms in total. The van der Waals surface area contributed by atoms with Crippen LogP contribution < -0.4 is 5.73 Å². The van der Waals surface area contributed by atoms with Gasteiger partial charge in [-0.2, -0.15) is 13.2 Å². The van der Waals surface area contributed by atoms with Crippen LogP contribution in [-0.4, -0.2) is 23.3 Å². The van der Waals surface area contributed by atoms with Gasteiger partial charge in [0.15, 0.2) is 11.9 Å². The molecule has 0 spiro atoms. The van der Waals surface area contributed by atoms with Crippen molar-refractivity contribution in [3.05, 3.63) is 35.1 Å². The Morgan fingerprint density at radius 2 is 2.05 bits per heavy atom. The molecular weight excluding hydrogens is 268 g/mol. The number of nitrogens with two attached hydrogens (primary N) is 1. The summed E-state index contributed by atoms with van der Waals surface area (Å²) in [5, 5.41) is 11.1. The van der Waals surface area contributed by atoms with Crippen LogP contribution in [0.4, 0.5) is 17.6 Å². The van der Waals surface area contributed by atoms with E-state index in [4.69, 9.17) is 10.9 Å². The van der Waals surface area contributed by atoms with Crippen LogP contribution in [0, 0.1) is 5.82 Å². The van der Waals surface area contributed by atoms with Crippen LogP contribution in [0.25, 0.3) is 0 Å². The maximum atomic E-state index is 13.2. The van der Waals surface area contributed by atoms with Gasteiger partial charge in [0.25, 0.3) is 0 Å². The molecule has 3 N–H and O–H groups in total. The Morgan fingerprint density at radius 1 is 1.42 bits per heavy atom. The molecule has 0 amide bonds. The van der Waals surface area contributed by atoms with Crippen LogP contribution in [0.2, 0.25) is 0 Å². The second-order valence-corrected chi connectivity index (χ2v) is 3.83. The number of hydrogen-bond donors (Lipinski definition) is 2.